The highest BCUT2D eigenvalue weighted by Crippen LogP contribution is 2.39. The van der Waals surface area contributed by atoms with Gasteiger partial charge in [0.2, 0.25) is 0 Å². The number of hydrogen-bond donors (Lipinski definition) is 1. The van der Waals surface area contributed by atoms with Crippen LogP contribution >= 0.6 is 11.8 Å². The van der Waals surface area contributed by atoms with E-state index in [4.69, 9.17) is 4.98 Å². The number of anilines is 2. The minimum atomic E-state index is 0.533. The summed E-state index contributed by atoms with van der Waals surface area (Å²) in [6, 6.07) is 2.62. The Morgan fingerprint density at radius 3 is 2.79 bits per heavy atom. The average Bonchev–Trinajstić information content (AvgIpc) is 3.26. The van der Waals surface area contributed by atoms with Gasteiger partial charge in [0, 0.05) is 42.6 Å². The van der Waals surface area contributed by atoms with E-state index in [1.54, 1.807) is 0 Å². The molecule has 0 spiro atoms. The largest absolute Gasteiger partial charge is 0.373 e. The van der Waals surface area contributed by atoms with Crippen LogP contribution in [0.3, 0.4) is 0 Å². The van der Waals surface area contributed by atoms with Gasteiger partial charge in [-0.2, -0.15) is 11.8 Å². The fraction of sp³-hybridized carbons (Fsp3) is 0.714. The lowest BCUT2D eigenvalue weighted by Gasteiger charge is -2.38. The van der Waals surface area contributed by atoms with E-state index < -0.39 is 0 Å². The zero-order valence-corrected chi connectivity index (χ0v) is 12.7. The van der Waals surface area contributed by atoms with Crippen molar-refractivity contribution in [3.63, 3.8) is 0 Å². The lowest BCUT2D eigenvalue weighted by molar-refractivity contribution is 0.618. The molecule has 0 aromatic carbocycles. The summed E-state index contributed by atoms with van der Waals surface area (Å²) in [5, 5.41) is 3.83. The van der Waals surface area contributed by atoms with Crippen molar-refractivity contribution in [2.45, 2.75) is 43.9 Å². The van der Waals surface area contributed by atoms with Gasteiger partial charge in [0.25, 0.3) is 0 Å². The molecule has 0 bridgehead atoms. The molecule has 0 amide bonds. The van der Waals surface area contributed by atoms with Gasteiger partial charge < -0.3 is 10.2 Å². The molecule has 19 heavy (non-hydrogen) atoms. The Morgan fingerprint density at radius 1 is 1.32 bits per heavy atom. The molecule has 0 radical (unpaired) electrons. The topological polar surface area (TPSA) is 41.0 Å². The van der Waals surface area contributed by atoms with Crippen LogP contribution in [0.15, 0.2) is 6.07 Å². The first-order chi connectivity index (χ1) is 9.19. The molecule has 1 aromatic rings. The predicted molar refractivity (Wildman–Crippen MR) is 82.3 cm³/mol. The third-order valence-corrected chi connectivity index (χ3v) is 5.44. The van der Waals surface area contributed by atoms with Crippen LogP contribution in [-0.4, -0.2) is 40.6 Å². The standard InChI is InChI=1S/C14H22N4S/c1-9-10(2)19-7-6-18(9)13-8-12(15-3)16-14(17-13)11-4-5-11/h8-11H,4-7H2,1-3H3,(H,15,16,17). The number of nitrogens with zero attached hydrogens (tertiary/aromatic N) is 3. The van der Waals surface area contributed by atoms with Crippen LogP contribution in [0.2, 0.25) is 0 Å². The maximum atomic E-state index is 4.82. The van der Waals surface area contributed by atoms with E-state index in [0.717, 1.165) is 24.0 Å². The van der Waals surface area contributed by atoms with Gasteiger partial charge >= 0.3 is 0 Å². The summed E-state index contributed by atoms with van der Waals surface area (Å²) >= 11 is 2.06. The zero-order chi connectivity index (χ0) is 13.4. The number of nitrogens with one attached hydrogen (secondary N) is 1. The molecule has 1 aliphatic heterocycles. The second-order valence-electron chi connectivity index (χ2n) is 5.50. The monoisotopic (exact) mass is 278 g/mol. The first-order valence-electron chi connectivity index (χ1n) is 7.14. The lowest BCUT2D eigenvalue weighted by atomic mass is 10.2. The van der Waals surface area contributed by atoms with Crippen molar-refractivity contribution in [2.24, 2.45) is 0 Å². The molecular formula is C14H22N4S. The molecule has 2 atom stereocenters. The molecule has 5 heteroatoms. The molecule has 4 nitrogen and oxygen atoms in total. The van der Waals surface area contributed by atoms with Crippen molar-refractivity contribution in [3.05, 3.63) is 11.9 Å². The summed E-state index contributed by atoms with van der Waals surface area (Å²) in [5.74, 6) is 4.85. The van der Waals surface area contributed by atoms with Crippen LogP contribution in [0.4, 0.5) is 11.6 Å². The molecule has 3 rings (SSSR count). The van der Waals surface area contributed by atoms with Gasteiger partial charge in [0.05, 0.1) is 0 Å². The van der Waals surface area contributed by atoms with Gasteiger partial charge in [-0.3, -0.25) is 0 Å². The van der Waals surface area contributed by atoms with Crippen molar-refractivity contribution in [1.82, 2.24) is 9.97 Å². The maximum absolute atomic E-state index is 4.82. The highest BCUT2D eigenvalue weighted by atomic mass is 32.2. The van der Waals surface area contributed by atoms with E-state index in [1.165, 1.54) is 18.6 Å². The van der Waals surface area contributed by atoms with E-state index in [0.29, 0.717) is 17.2 Å². The van der Waals surface area contributed by atoms with E-state index in [9.17, 15) is 0 Å². The molecule has 1 aliphatic carbocycles. The fourth-order valence-electron chi connectivity index (χ4n) is 2.51. The summed E-state index contributed by atoms with van der Waals surface area (Å²) in [6.45, 7) is 5.69. The lowest BCUT2D eigenvalue weighted by Crippen LogP contribution is -2.45. The van der Waals surface area contributed by atoms with Crippen molar-refractivity contribution in [2.75, 3.05) is 29.6 Å². The minimum Gasteiger partial charge on any atom is -0.373 e. The van der Waals surface area contributed by atoms with Crippen LogP contribution in [0.5, 0.6) is 0 Å². The second-order valence-corrected chi connectivity index (χ2v) is 6.99. The van der Waals surface area contributed by atoms with Gasteiger partial charge in [-0.05, 0) is 19.8 Å². The first-order valence-corrected chi connectivity index (χ1v) is 8.19. The van der Waals surface area contributed by atoms with Gasteiger partial charge in [-0.25, -0.2) is 9.97 Å². The van der Waals surface area contributed by atoms with Crippen molar-refractivity contribution in [3.8, 4) is 0 Å². The average molecular weight is 278 g/mol. The third-order valence-electron chi connectivity index (χ3n) is 4.11. The Kier molecular flexibility index (Phi) is 3.56. The van der Waals surface area contributed by atoms with E-state index >= 15 is 0 Å². The predicted octanol–water partition coefficient (Wildman–Crippen LogP) is 2.73. The number of thioether (sulfide) groups is 1. The quantitative estimate of drug-likeness (QED) is 0.920. The molecule has 2 heterocycles. The maximum Gasteiger partial charge on any atom is 0.136 e. The zero-order valence-electron chi connectivity index (χ0n) is 11.9. The van der Waals surface area contributed by atoms with Crippen molar-refractivity contribution < 1.29 is 0 Å². The molecule has 1 N–H and O–H groups in total. The fourth-order valence-corrected chi connectivity index (χ4v) is 3.61. The highest BCUT2D eigenvalue weighted by molar-refractivity contribution is 8.00. The van der Waals surface area contributed by atoms with E-state index in [1.807, 2.05) is 7.05 Å². The number of aromatic nitrogens is 2. The third kappa shape index (κ3) is 2.66. The van der Waals surface area contributed by atoms with Crippen LogP contribution in [0.25, 0.3) is 0 Å². The summed E-state index contributed by atoms with van der Waals surface area (Å²) in [5.41, 5.74) is 0. The normalized spacial score (nSPS) is 27.4. The molecule has 2 unspecified atom stereocenters. The Morgan fingerprint density at radius 2 is 2.11 bits per heavy atom. The number of hydrogen-bond acceptors (Lipinski definition) is 5. The van der Waals surface area contributed by atoms with Crippen LogP contribution < -0.4 is 10.2 Å². The molecule has 1 aromatic heterocycles. The summed E-state index contributed by atoms with van der Waals surface area (Å²) in [6.07, 6.45) is 2.49. The van der Waals surface area contributed by atoms with Crippen molar-refractivity contribution >= 4 is 23.4 Å². The molecular weight excluding hydrogens is 256 g/mol. The Bertz CT molecular complexity index is 461. The number of rotatable bonds is 3. The van der Waals surface area contributed by atoms with Gasteiger partial charge in [-0.1, -0.05) is 6.92 Å². The van der Waals surface area contributed by atoms with Gasteiger partial charge in [-0.15, -0.1) is 0 Å². The minimum absolute atomic E-state index is 0.533. The van der Waals surface area contributed by atoms with Gasteiger partial charge in [0.15, 0.2) is 0 Å². The SMILES string of the molecule is CNc1cc(N2CCSC(C)C2C)nc(C2CC2)n1. The van der Waals surface area contributed by atoms with Crippen LogP contribution in [0.1, 0.15) is 38.4 Å². The highest BCUT2D eigenvalue weighted by Gasteiger charge is 2.30. The summed E-state index contributed by atoms with van der Waals surface area (Å²) < 4.78 is 0. The molecule has 1 saturated carbocycles. The molecule has 2 aliphatic rings. The van der Waals surface area contributed by atoms with E-state index in [2.05, 4.69) is 46.9 Å². The molecule has 1 saturated heterocycles. The van der Waals surface area contributed by atoms with E-state index in [-0.39, 0.29) is 0 Å². The van der Waals surface area contributed by atoms with Gasteiger partial charge in [0.1, 0.15) is 17.5 Å². The second kappa shape index (κ2) is 5.19. The smallest absolute Gasteiger partial charge is 0.136 e. The molecule has 2 fully saturated rings. The summed E-state index contributed by atoms with van der Waals surface area (Å²) in [4.78, 5) is 11.9. The Labute approximate surface area is 119 Å². The van der Waals surface area contributed by atoms with Crippen LogP contribution in [0, 0.1) is 0 Å². The first kappa shape index (κ1) is 13.0. The Hall–Kier alpha value is -0.970. The summed E-state index contributed by atoms with van der Waals surface area (Å²) in [7, 11) is 1.93. The van der Waals surface area contributed by atoms with Crippen molar-refractivity contribution in [1.29, 1.82) is 0 Å². The Balaban J connectivity index is 1.91. The molecule has 104 valence electrons. The van der Waals surface area contributed by atoms with Crippen LogP contribution in [-0.2, 0) is 0 Å².